The number of likely N-dealkylation sites (N-methyl/N-ethyl adjacent to an activating group) is 1. The molecule has 0 bridgehead atoms. The highest BCUT2D eigenvalue weighted by molar-refractivity contribution is 9.10. The molecule has 6 nitrogen and oxygen atoms in total. The average molecular weight is 582 g/mol. The van der Waals surface area contributed by atoms with Gasteiger partial charge in [-0.1, -0.05) is 64.5 Å². The van der Waals surface area contributed by atoms with Crippen LogP contribution in [0.15, 0.2) is 77.3 Å². The maximum atomic E-state index is 13.8. The third-order valence-corrected chi connectivity index (χ3v) is 6.65. The maximum Gasteiger partial charge on any atom is 0.243 e. The summed E-state index contributed by atoms with van der Waals surface area (Å²) in [6.07, 6.45) is 1.23. The Morgan fingerprint density at radius 3 is 2.16 bits per heavy atom. The second-order valence-electron chi connectivity index (χ2n) is 8.90. The zero-order valence-electron chi connectivity index (χ0n) is 22.4. The normalized spacial score (nSPS) is 11.5. The Morgan fingerprint density at radius 1 is 0.842 bits per heavy atom. The van der Waals surface area contributed by atoms with Gasteiger partial charge in [-0.25, -0.2) is 0 Å². The summed E-state index contributed by atoms with van der Waals surface area (Å²) >= 11 is 3.48. The third kappa shape index (κ3) is 8.62. The van der Waals surface area contributed by atoms with Crippen LogP contribution in [0.2, 0.25) is 0 Å². The number of carbonyl (C=O) groups excluding carboxylic acids is 2. The molecule has 3 aromatic rings. The van der Waals surface area contributed by atoms with Gasteiger partial charge in [-0.3, -0.25) is 9.59 Å². The smallest absolute Gasteiger partial charge is 0.243 e. The van der Waals surface area contributed by atoms with E-state index in [1.807, 2.05) is 93.6 Å². The number of hydrogen-bond donors (Lipinski definition) is 1. The van der Waals surface area contributed by atoms with Crippen LogP contribution in [0.5, 0.6) is 11.5 Å². The Hall–Kier alpha value is -3.32. The van der Waals surface area contributed by atoms with Crippen LogP contribution in [0.4, 0.5) is 0 Å². The van der Waals surface area contributed by atoms with Gasteiger partial charge in [-0.05, 0) is 68.1 Å². The number of rotatable bonds is 14. The quantitative estimate of drug-likeness (QED) is 0.255. The highest BCUT2D eigenvalue weighted by atomic mass is 79.9. The standard InChI is InChI=1S/C31H37BrN2O4/c1-4-33-31(36)27(20-23-10-8-7-9-11-23)34(22-25-12-16-26(32)17-13-25)30(35)19-15-24-14-18-28(37-5-2)29(21-24)38-6-3/h7-14,16-18,21,27H,4-6,15,19-20,22H2,1-3H3,(H,33,36)/t27-/m1/s1. The second-order valence-corrected chi connectivity index (χ2v) is 9.81. The zero-order valence-corrected chi connectivity index (χ0v) is 24.0. The van der Waals surface area contributed by atoms with Gasteiger partial charge < -0.3 is 19.7 Å². The summed E-state index contributed by atoms with van der Waals surface area (Å²) < 4.78 is 12.4. The Bertz CT molecular complexity index is 1170. The minimum atomic E-state index is -0.632. The molecular weight excluding hydrogens is 544 g/mol. The summed E-state index contributed by atoms with van der Waals surface area (Å²) in [5, 5.41) is 2.94. The van der Waals surface area contributed by atoms with Gasteiger partial charge in [0.05, 0.1) is 13.2 Å². The van der Waals surface area contributed by atoms with Gasteiger partial charge in [0.1, 0.15) is 6.04 Å². The van der Waals surface area contributed by atoms with Gasteiger partial charge in [0.25, 0.3) is 0 Å². The molecule has 202 valence electrons. The van der Waals surface area contributed by atoms with Crippen molar-refractivity contribution < 1.29 is 19.1 Å². The number of carbonyl (C=O) groups is 2. The lowest BCUT2D eigenvalue weighted by Crippen LogP contribution is -2.50. The van der Waals surface area contributed by atoms with Crippen molar-refractivity contribution >= 4 is 27.7 Å². The first-order chi connectivity index (χ1) is 18.4. The van der Waals surface area contributed by atoms with Gasteiger partial charge >= 0.3 is 0 Å². The molecule has 3 aromatic carbocycles. The number of halogens is 1. The number of ether oxygens (including phenoxy) is 2. The molecule has 0 fully saturated rings. The zero-order chi connectivity index (χ0) is 27.3. The van der Waals surface area contributed by atoms with E-state index in [4.69, 9.17) is 9.47 Å². The van der Waals surface area contributed by atoms with Crippen molar-refractivity contribution in [3.63, 3.8) is 0 Å². The minimum absolute atomic E-state index is 0.0769. The Labute approximate surface area is 234 Å². The summed E-state index contributed by atoms with van der Waals surface area (Å²) in [4.78, 5) is 28.8. The van der Waals surface area contributed by atoms with E-state index in [2.05, 4.69) is 21.2 Å². The molecule has 3 rings (SSSR count). The van der Waals surface area contributed by atoms with Crippen LogP contribution < -0.4 is 14.8 Å². The van der Waals surface area contributed by atoms with Crippen LogP contribution in [0.1, 0.15) is 43.9 Å². The number of benzene rings is 3. The molecule has 0 aliphatic rings. The Kier molecular flexibility index (Phi) is 11.7. The maximum absolute atomic E-state index is 13.8. The minimum Gasteiger partial charge on any atom is -0.490 e. The van der Waals surface area contributed by atoms with E-state index in [0.29, 0.717) is 50.6 Å². The fourth-order valence-electron chi connectivity index (χ4n) is 4.28. The van der Waals surface area contributed by atoms with E-state index in [0.717, 1.165) is 21.2 Å². The number of hydrogen-bond acceptors (Lipinski definition) is 4. The Balaban J connectivity index is 1.87. The van der Waals surface area contributed by atoms with Crippen LogP contribution in [-0.4, -0.2) is 42.5 Å². The highest BCUT2D eigenvalue weighted by Gasteiger charge is 2.30. The van der Waals surface area contributed by atoms with E-state index in [1.54, 1.807) is 4.90 Å². The van der Waals surface area contributed by atoms with Gasteiger partial charge in [-0.15, -0.1) is 0 Å². The molecule has 0 aliphatic carbocycles. The molecule has 38 heavy (non-hydrogen) atoms. The molecular formula is C31H37BrN2O4. The number of amides is 2. The SMILES string of the molecule is CCNC(=O)[C@@H](Cc1ccccc1)N(Cc1ccc(Br)cc1)C(=O)CCc1ccc(OCC)c(OCC)c1. The van der Waals surface area contributed by atoms with E-state index < -0.39 is 6.04 Å². The van der Waals surface area contributed by atoms with Gasteiger partial charge in [0.15, 0.2) is 11.5 Å². The van der Waals surface area contributed by atoms with Crippen molar-refractivity contribution in [3.8, 4) is 11.5 Å². The lowest BCUT2D eigenvalue weighted by atomic mass is 10.0. The largest absolute Gasteiger partial charge is 0.490 e. The van der Waals surface area contributed by atoms with Crippen LogP contribution in [-0.2, 0) is 29.0 Å². The summed E-state index contributed by atoms with van der Waals surface area (Å²) in [5.41, 5.74) is 2.94. The number of nitrogens with one attached hydrogen (secondary N) is 1. The molecule has 0 radical (unpaired) electrons. The predicted molar refractivity (Wildman–Crippen MR) is 154 cm³/mol. The lowest BCUT2D eigenvalue weighted by molar-refractivity contribution is -0.141. The molecule has 2 amide bonds. The van der Waals surface area contributed by atoms with E-state index in [1.165, 1.54) is 0 Å². The fraction of sp³-hybridized carbons (Fsp3) is 0.355. The average Bonchev–Trinajstić information content (AvgIpc) is 2.92. The third-order valence-electron chi connectivity index (χ3n) is 6.12. The van der Waals surface area contributed by atoms with E-state index in [-0.39, 0.29) is 18.2 Å². The van der Waals surface area contributed by atoms with Crippen molar-refractivity contribution in [1.82, 2.24) is 10.2 Å². The molecule has 0 heterocycles. The first kappa shape index (κ1) is 29.2. The molecule has 0 unspecified atom stereocenters. The van der Waals surface area contributed by atoms with Crippen molar-refractivity contribution in [3.05, 3.63) is 94.0 Å². The fourth-order valence-corrected chi connectivity index (χ4v) is 4.54. The lowest BCUT2D eigenvalue weighted by Gasteiger charge is -2.31. The Morgan fingerprint density at radius 2 is 1.50 bits per heavy atom. The predicted octanol–water partition coefficient (Wildman–Crippen LogP) is 5.96. The summed E-state index contributed by atoms with van der Waals surface area (Å²) in [5.74, 6) is 1.14. The van der Waals surface area contributed by atoms with Crippen molar-refractivity contribution in [2.75, 3.05) is 19.8 Å². The summed E-state index contributed by atoms with van der Waals surface area (Å²) in [6, 6.07) is 22.8. The van der Waals surface area contributed by atoms with Gasteiger partial charge in [0, 0.05) is 30.4 Å². The number of nitrogens with zero attached hydrogens (tertiary/aromatic N) is 1. The van der Waals surface area contributed by atoms with Crippen molar-refractivity contribution in [2.24, 2.45) is 0 Å². The molecule has 0 aromatic heterocycles. The van der Waals surface area contributed by atoms with Crippen molar-refractivity contribution in [1.29, 1.82) is 0 Å². The van der Waals surface area contributed by atoms with E-state index in [9.17, 15) is 9.59 Å². The van der Waals surface area contributed by atoms with Crippen LogP contribution in [0.25, 0.3) is 0 Å². The first-order valence-corrected chi connectivity index (χ1v) is 14.0. The van der Waals surface area contributed by atoms with E-state index >= 15 is 0 Å². The van der Waals surface area contributed by atoms with Crippen LogP contribution in [0, 0.1) is 0 Å². The molecule has 1 N–H and O–H groups in total. The monoisotopic (exact) mass is 580 g/mol. The topological polar surface area (TPSA) is 67.9 Å². The van der Waals surface area contributed by atoms with Gasteiger partial charge in [-0.2, -0.15) is 0 Å². The van der Waals surface area contributed by atoms with Crippen LogP contribution >= 0.6 is 15.9 Å². The second kappa shape index (κ2) is 15.2. The molecule has 0 aliphatic heterocycles. The summed E-state index contributed by atoms with van der Waals surface area (Å²) in [7, 11) is 0. The summed E-state index contributed by atoms with van der Waals surface area (Å²) in [6.45, 7) is 7.66. The molecule has 1 atom stereocenters. The molecule has 7 heteroatoms. The van der Waals surface area contributed by atoms with Crippen LogP contribution in [0.3, 0.4) is 0 Å². The van der Waals surface area contributed by atoms with Gasteiger partial charge in [0.2, 0.25) is 11.8 Å². The molecule has 0 spiro atoms. The highest BCUT2D eigenvalue weighted by Crippen LogP contribution is 2.29. The van der Waals surface area contributed by atoms with Crippen molar-refractivity contribution in [2.45, 2.75) is 52.6 Å². The number of aryl methyl sites for hydroxylation is 1. The molecule has 0 saturated heterocycles. The molecule has 0 saturated carbocycles. The first-order valence-electron chi connectivity index (χ1n) is 13.2.